The molecule has 6 aromatic heterocycles. The standard InChI is InChI=1S/2C27H30N4O7S/c2*1-16-10-11-22(38-16)27-30-29-23(31(27)24-20(35-3)8-5-9-21(24)36-4)15-39(33,34)17(2)25(32)18-12-13-28-19-7-6-14-37-26(18)19/h2*5,8-13,17,25,32H,6-7,14-15H2,1-4H3/t2*17-,25+/m10/s1. The Morgan fingerprint density at radius 3 is 1.26 bits per heavy atom. The zero-order valence-corrected chi connectivity index (χ0v) is 45.9. The van der Waals surface area contributed by atoms with Gasteiger partial charge in [0.2, 0.25) is 11.6 Å². The number of pyridine rings is 2. The number of rotatable bonds is 18. The van der Waals surface area contributed by atoms with Crippen LogP contribution in [0.3, 0.4) is 0 Å². The van der Waals surface area contributed by atoms with Gasteiger partial charge in [-0.1, -0.05) is 12.1 Å². The van der Waals surface area contributed by atoms with E-state index in [0.29, 0.717) is 117 Å². The number of aliphatic hydroxyl groups excluding tert-OH is 2. The minimum absolute atomic E-state index is 0.105. The first-order chi connectivity index (χ1) is 37.5. The number of nitrogens with zero attached hydrogens (tertiary/aromatic N) is 8. The van der Waals surface area contributed by atoms with Crippen LogP contribution in [0, 0.1) is 13.8 Å². The summed E-state index contributed by atoms with van der Waals surface area (Å²) in [5.74, 6) is 4.42. The van der Waals surface area contributed by atoms with E-state index in [0.717, 1.165) is 12.8 Å². The summed E-state index contributed by atoms with van der Waals surface area (Å²) in [6, 6.07) is 20.6. The number of sulfone groups is 2. The smallest absolute Gasteiger partial charge is 0.204 e. The molecule has 10 rings (SSSR count). The lowest BCUT2D eigenvalue weighted by Gasteiger charge is -2.25. The zero-order chi connectivity index (χ0) is 55.5. The summed E-state index contributed by atoms with van der Waals surface area (Å²) in [5, 5.41) is 37.1. The van der Waals surface area contributed by atoms with Gasteiger partial charge in [0, 0.05) is 23.5 Å². The van der Waals surface area contributed by atoms with Crippen LogP contribution < -0.4 is 28.4 Å². The lowest BCUT2D eigenvalue weighted by molar-refractivity contribution is 0.166. The molecule has 8 aromatic rings. The van der Waals surface area contributed by atoms with Crippen LogP contribution >= 0.6 is 0 Å². The molecular formula is C54H60N8O14S2. The number of para-hydroxylation sites is 2. The molecule has 22 nitrogen and oxygen atoms in total. The SMILES string of the molecule is COc1cccc(OC)c1-n1c(CS(=O)(=O)[C@@H](C)[C@@H](O)c2ccnc3c2OCCC3)nnc1-c1ccc(C)o1.COc1cccc(OC)c1-n1c(CS(=O)(=O)[C@H](C)[C@H](O)c2ccnc3c2OCCC3)nnc1-c1ccc(C)o1. The van der Waals surface area contributed by atoms with Gasteiger partial charge in [-0.05, 0) is 114 Å². The van der Waals surface area contributed by atoms with Gasteiger partial charge in [0.15, 0.2) is 42.8 Å². The van der Waals surface area contributed by atoms with E-state index in [1.165, 1.54) is 42.3 Å². The van der Waals surface area contributed by atoms with Crippen molar-refractivity contribution in [3.05, 3.63) is 131 Å². The number of benzene rings is 2. The van der Waals surface area contributed by atoms with Crippen LogP contribution in [0.1, 0.15) is 84.6 Å². The first-order valence-electron chi connectivity index (χ1n) is 24.9. The molecule has 4 atom stereocenters. The van der Waals surface area contributed by atoms with Crippen LogP contribution in [-0.2, 0) is 44.0 Å². The summed E-state index contributed by atoms with van der Waals surface area (Å²) in [6.07, 6.45) is 3.48. The van der Waals surface area contributed by atoms with E-state index in [1.54, 1.807) is 108 Å². The molecule has 0 fully saturated rings. The lowest BCUT2D eigenvalue weighted by atomic mass is 10.0. The van der Waals surface area contributed by atoms with Crippen LogP contribution in [0.2, 0.25) is 0 Å². The van der Waals surface area contributed by atoms with Crippen molar-refractivity contribution in [2.24, 2.45) is 0 Å². The summed E-state index contributed by atoms with van der Waals surface area (Å²) in [5.41, 5.74) is 3.07. The van der Waals surface area contributed by atoms with E-state index in [4.69, 9.17) is 37.3 Å². The summed E-state index contributed by atoms with van der Waals surface area (Å²) < 4.78 is 104. The summed E-state index contributed by atoms with van der Waals surface area (Å²) in [6.45, 7) is 7.50. The molecule has 2 aliphatic heterocycles. The molecule has 412 valence electrons. The van der Waals surface area contributed by atoms with E-state index >= 15 is 0 Å². The molecular weight excluding hydrogens is 1050 g/mol. The zero-order valence-electron chi connectivity index (χ0n) is 44.2. The minimum atomic E-state index is -3.98. The third kappa shape index (κ3) is 10.9. The number of furan rings is 2. The highest BCUT2D eigenvalue weighted by Gasteiger charge is 2.37. The molecule has 0 bridgehead atoms. The van der Waals surface area contributed by atoms with Crippen LogP contribution in [0.5, 0.6) is 34.5 Å². The molecule has 0 spiro atoms. The average molecular weight is 1110 g/mol. The van der Waals surface area contributed by atoms with Crippen LogP contribution in [0.25, 0.3) is 34.5 Å². The second kappa shape index (κ2) is 23.0. The number of hydrogen-bond acceptors (Lipinski definition) is 20. The molecule has 78 heavy (non-hydrogen) atoms. The van der Waals surface area contributed by atoms with Crippen molar-refractivity contribution >= 4 is 19.7 Å². The monoisotopic (exact) mass is 1110 g/mol. The number of methoxy groups -OCH3 is 4. The van der Waals surface area contributed by atoms with Gasteiger partial charge in [0.1, 0.15) is 68.9 Å². The van der Waals surface area contributed by atoms with E-state index < -0.39 is 53.9 Å². The van der Waals surface area contributed by atoms with Crippen LogP contribution in [0.15, 0.2) is 94.0 Å². The topological polar surface area (TPSA) is 278 Å². The van der Waals surface area contributed by atoms with E-state index in [1.807, 2.05) is 0 Å². The predicted octanol–water partition coefficient (Wildman–Crippen LogP) is 7.22. The number of aryl methyl sites for hydroxylation is 4. The fraction of sp³-hybridized carbons (Fsp3) is 0.370. The first kappa shape index (κ1) is 55.0. The van der Waals surface area contributed by atoms with E-state index in [2.05, 4.69) is 30.4 Å². The highest BCUT2D eigenvalue weighted by molar-refractivity contribution is 7.91. The fourth-order valence-electron chi connectivity index (χ4n) is 9.34. The molecule has 0 radical (unpaired) electrons. The largest absolute Gasteiger partial charge is 0.494 e. The fourth-order valence-corrected chi connectivity index (χ4v) is 12.0. The Kier molecular flexibility index (Phi) is 16.2. The highest BCUT2D eigenvalue weighted by Crippen LogP contribution is 2.41. The normalized spacial score (nSPS) is 14.8. The molecule has 0 unspecified atom stereocenters. The highest BCUT2D eigenvalue weighted by atomic mass is 32.2. The van der Waals surface area contributed by atoms with E-state index in [9.17, 15) is 27.0 Å². The summed E-state index contributed by atoms with van der Waals surface area (Å²) >= 11 is 0. The molecule has 2 aliphatic rings. The molecule has 2 N–H and O–H groups in total. The van der Waals surface area contributed by atoms with Crippen molar-refractivity contribution in [2.75, 3.05) is 41.7 Å². The first-order valence-corrected chi connectivity index (χ1v) is 28.4. The number of hydrogen-bond donors (Lipinski definition) is 2. The van der Waals surface area contributed by atoms with Gasteiger partial charge >= 0.3 is 0 Å². The maximum Gasteiger partial charge on any atom is 0.204 e. The number of ether oxygens (including phenoxy) is 6. The second-order valence-electron chi connectivity index (χ2n) is 18.6. The van der Waals surface area contributed by atoms with Gasteiger partial charge < -0.3 is 47.5 Å². The number of aliphatic hydroxyl groups is 2. The van der Waals surface area contributed by atoms with Gasteiger partial charge in [-0.3, -0.25) is 19.1 Å². The average Bonchev–Trinajstić information content (AvgIpc) is 4.34. The van der Waals surface area contributed by atoms with Gasteiger partial charge in [-0.25, -0.2) is 16.8 Å². The Morgan fingerprint density at radius 2 is 0.923 bits per heavy atom. The molecule has 8 heterocycles. The third-order valence-electron chi connectivity index (χ3n) is 13.6. The van der Waals surface area contributed by atoms with Crippen LogP contribution in [-0.4, -0.2) is 119 Å². The second-order valence-corrected chi connectivity index (χ2v) is 23.3. The summed E-state index contributed by atoms with van der Waals surface area (Å²) in [4.78, 5) is 8.65. The Balaban J connectivity index is 0.000000190. The van der Waals surface area contributed by atoms with Crippen molar-refractivity contribution in [1.82, 2.24) is 39.5 Å². The van der Waals surface area contributed by atoms with Crippen molar-refractivity contribution < 1.29 is 64.3 Å². The van der Waals surface area contributed by atoms with Crippen molar-refractivity contribution in [2.45, 2.75) is 87.6 Å². The molecule has 2 aromatic carbocycles. The van der Waals surface area contributed by atoms with Gasteiger partial charge in [-0.2, -0.15) is 0 Å². The van der Waals surface area contributed by atoms with Crippen molar-refractivity contribution in [1.29, 1.82) is 0 Å². The van der Waals surface area contributed by atoms with Crippen molar-refractivity contribution in [3.8, 4) is 69.0 Å². The lowest BCUT2D eigenvalue weighted by Crippen LogP contribution is -2.29. The van der Waals surface area contributed by atoms with Gasteiger partial charge in [-0.15, -0.1) is 20.4 Å². The summed E-state index contributed by atoms with van der Waals surface area (Å²) in [7, 11) is -1.94. The number of fused-ring (bicyclic) bond motifs is 2. The van der Waals surface area contributed by atoms with Gasteiger partial charge in [0.25, 0.3) is 0 Å². The van der Waals surface area contributed by atoms with Crippen molar-refractivity contribution in [3.63, 3.8) is 0 Å². The van der Waals surface area contributed by atoms with Crippen LogP contribution in [0.4, 0.5) is 0 Å². The maximum atomic E-state index is 13.7. The molecule has 0 amide bonds. The molecule has 0 saturated heterocycles. The molecule has 0 aliphatic carbocycles. The molecule has 0 saturated carbocycles. The predicted molar refractivity (Wildman–Crippen MR) is 284 cm³/mol. The number of aromatic nitrogens is 8. The Labute approximate surface area is 450 Å². The Hall–Kier alpha value is -7.80. The van der Waals surface area contributed by atoms with E-state index in [-0.39, 0.29) is 23.3 Å². The molecule has 24 heteroatoms. The third-order valence-corrected chi connectivity index (χ3v) is 17.7. The quantitative estimate of drug-likeness (QED) is 0.0857. The maximum absolute atomic E-state index is 13.7. The Bertz CT molecular complexity index is 3380. The van der Waals surface area contributed by atoms with Gasteiger partial charge in [0.05, 0.1) is 75.7 Å². The Morgan fingerprint density at radius 1 is 0.551 bits per heavy atom. The minimum Gasteiger partial charge on any atom is -0.494 e.